The molecule has 0 bridgehead atoms. The van der Waals surface area contributed by atoms with E-state index in [1.165, 1.54) is 6.07 Å². The zero-order valence-corrected chi connectivity index (χ0v) is 13.7. The number of rotatable bonds is 5. The number of anilines is 1. The number of nitrogens with one attached hydrogen (secondary N) is 3. The van der Waals surface area contributed by atoms with Crippen molar-refractivity contribution >= 4 is 11.9 Å². The molecular weight excluding hydrogens is 318 g/mol. The minimum Gasteiger partial charge on any atom is -0.444 e. The Morgan fingerprint density at radius 1 is 1.25 bits per heavy atom. The first-order chi connectivity index (χ1) is 11.2. The molecule has 24 heavy (non-hydrogen) atoms. The van der Waals surface area contributed by atoms with Gasteiger partial charge in [-0.25, -0.2) is 13.6 Å². The number of ether oxygens (including phenoxy) is 1. The Bertz CT molecular complexity index is 710. The zero-order chi connectivity index (χ0) is 17.7. The molecule has 3 N–H and O–H groups in total. The van der Waals surface area contributed by atoms with Gasteiger partial charge in [-0.1, -0.05) is 6.07 Å². The maximum absolute atomic E-state index is 13.1. The molecule has 130 valence electrons. The third kappa shape index (κ3) is 5.31. The van der Waals surface area contributed by atoms with Crippen LogP contribution in [0.3, 0.4) is 0 Å². The number of carbonyl (C=O) groups excluding carboxylic acids is 1. The molecule has 1 heterocycles. The van der Waals surface area contributed by atoms with Crippen molar-refractivity contribution in [2.24, 2.45) is 0 Å². The van der Waals surface area contributed by atoms with E-state index < -0.39 is 23.3 Å². The molecule has 0 aliphatic carbocycles. The monoisotopic (exact) mass is 338 g/mol. The average molecular weight is 338 g/mol. The maximum Gasteiger partial charge on any atom is 0.413 e. The topological polar surface area (TPSA) is 79.0 Å². The first-order valence-corrected chi connectivity index (χ1v) is 7.41. The van der Waals surface area contributed by atoms with Crippen LogP contribution < -0.4 is 10.6 Å². The molecule has 2 rings (SSSR count). The average Bonchev–Trinajstić information content (AvgIpc) is 2.88. The van der Waals surface area contributed by atoms with Gasteiger partial charge in [-0.3, -0.25) is 10.4 Å². The van der Waals surface area contributed by atoms with E-state index in [2.05, 4.69) is 20.8 Å². The normalized spacial score (nSPS) is 11.4. The molecule has 0 unspecified atom stereocenters. The van der Waals surface area contributed by atoms with Gasteiger partial charge in [0, 0.05) is 18.7 Å². The van der Waals surface area contributed by atoms with Crippen molar-refractivity contribution in [3.8, 4) is 0 Å². The number of halogens is 2. The smallest absolute Gasteiger partial charge is 0.413 e. The van der Waals surface area contributed by atoms with Crippen LogP contribution in [-0.2, 0) is 17.8 Å². The van der Waals surface area contributed by atoms with E-state index in [0.29, 0.717) is 30.0 Å². The van der Waals surface area contributed by atoms with Crippen LogP contribution in [0.25, 0.3) is 0 Å². The molecule has 2 aromatic rings. The summed E-state index contributed by atoms with van der Waals surface area (Å²) in [6.45, 7) is 6.02. The zero-order valence-electron chi connectivity index (χ0n) is 13.7. The van der Waals surface area contributed by atoms with E-state index in [9.17, 15) is 13.6 Å². The first-order valence-electron chi connectivity index (χ1n) is 7.41. The molecule has 0 aliphatic rings. The summed E-state index contributed by atoms with van der Waals surface area (Å²) in [5, 5.41) is 12.2. The van der Waals surface area contributed by atoms with E-state index in [4.69, 9.17) is 4.74 Å². The number of hydrogen-bond donors (Lipinski definition) is 3. The Kier molecular flexibility index (Phi) is 5.50. The highest BCUT2D eigenvalue weighted by Crippen LogP contribution is 2.14. The van der Waals surface area contributed by atoms with Crippen LogP contribution in [0.1, 0.15) is 31.9 Å². The minimum atomic E-state index is -0.884. The van der Waals surface area contributed by atoms with Crippen molar-refractivity contribution in [1.29, 1.82) is 0 Å². The van der Waals surface area contributed by atoms with Crippen LogP contribution >= 0.6 is 0 Å². The van der Waals surface area contributed by atoms with Crippen LogP contribution in [-0.4, -0.2) is 21.9 Å². The third-order valence-corrected chi connectivity index (χ3v) is 2.97. The van der Waals surface area contributed by atoms with Crippen LogP contribution in [0, 0.1) is 11.6 Å². The van der Waals surface area contributed by atoms with Gasteiger partial charge in [0.1, 0.15) is 11.4 Å². The number of nitrogens with zero attached hydrogens (tertiary/aromatic N) is 1. The summed E-state index contributed by atoms with van der Waals surface area (Å²) in [7, 11) is 0. The van der Waals surface area contributed by atoms with Crippen molar-refractivity contribution in [3.05, 3.63) is 47.2 Å². The van der Waals surface area contributed by atoms with Gasteiger partial charge in [0.05, 0.1) is 6.20 Å². The second kappa shape index (κ2) is 7.39. The van der Waals surface area contributed by atoms with Crippen molar-refractivity contribution in [2.45, 2.75) is 39.5 Å². The molecule has 0 saturated heterocycles. The molecule has 1 aromatic heterocycles. The molecule has 0 radical (unpaired) electrons. The highest BCUT2D eigenvalue weighted by molar-refractivity contribution is 5.84. The van der Waals surface area contributed by atoms with Gasteiger partial charge in [0.2, 0.25) is 0 Å². The lowest BCUT2D eigenvalue weighted by Gasteiger charge is -2.19. The Hall–Kier alpha value is -2.48. The lowest BCUT2D eigenvalue weighted by Crippen LogP contribution is -2.27. The Labute approximate surface area is 138 Å². The van der Waals surface area contributed by atoms with Gasteiger partial charge in [0.25, 0.3) is 0 Å². The van der Waals surface area contributed by atoms with E-state index in [1.54, 1.807) is 27.0 Å². The number of hydrogen-bond acceptors (Lipinski definition) is 4. The largest absolute Gasteiger partial charge is 0.444 e. The molecule has 0 saturated carbocycles. The fourth-order valence-electron chi connectivity index (χ4n) is 1.95. The standard InChI is InChI=1S/C16H20F2N4O2/c1-16(2,3)24-15(23)21-14-11(9-20-22-14)8-19-7-10-4-5-12(17)13(18)6-10/h4-6,9,19H,7-8H2,1-3H3,(H2,20,21,22,23). The van der Waals surface area contributed by atoms with E-state index >= 15 is 0 Å². The Morgan fingerprint density at radius 3 is 2.67 bits per heavy atom. The highest BCUT2D eigenvalue weighted by Gasteiger charge is 2.17. The van der Waals surface area contributed by atoms with E-state index in [-0.39, 0.29) is 0 Å². The number of benzene rings is 1. The second-order valence-electron chi connectivity index (χ2n) is 6.25. The maximum atomic E-state index is 13.1. The van der Waals surface area contributed by atoms with Crippen molar-refractivity contribution < 1.29 is 18.3 Å². The Morgan fingerprint density at radius 2 is 2.00 bits per heavy atom. The lowest BCUT2D eigenvalue weighted by atomic mass is 10.2. The predicted octanol–water partition coefficient (Wildman–Crippen LogP) is 3.32. The lowest BCUT2D eigenvalue weighted by molar-refractivity contribution is 0.0635. The van der Waals surface area contributed by atoms with Crippen LogP contribution in [0.5, 0.6) is 0 Å². The Balaban J connectivity index is 1.88. The quantitative estimate of drug-likeness (QED) is 0.781. The molecule has 8 heteroatoms. The molecule has 6 nitrogen and oxygen atoms in total. The van der Waals surface area contributed by atoms with Crippen molar-refractivity contribution in [2.75, 3.05) is 5.32 Å². The van der Waals surface area contributed by atoms with E-state index in [1.807, 2.05) is 0 Å². The summed E-state index contributed by atoms with van der Waals surface area (Å²) in [4.78, 5) is 11.8. The highest BCUT2D eigenvalue weighted by atomic mass is 19.2. The molecule has 1 aromatic carbocycles. The van der Waals surface area contributed by atoms with E-state index in [0.717, 1.165) is 12.1 Å². The van der Waals surface area contributed by atoms with Gasteiger partial charge in [0.15, 0.2) is 11.6 Å². The van der Waals surface area contributed by atoms with Gasteiger partial charge < -0.3 is 10.1 Å². The molecule has 1 amide bonds. The number of aromatic nitrogens is 2. The summed E-state index contributed by atoms with van der Waals surface area (Å²) >= 11 is 0. The molecule has 0 atom stereocenters. The summed E-state index contributed by atoms with van der Waals surface area (Å²) in [6, 6.07) is 3.72. The van der Waals surface area contributed by atoms with Crippen molar-refractivity contribution in [1.82, 2.24) is 15.5 Å². The minimum absolute atomic E-state index is 0.342. The molecular formula is C16H20F2N4O2. The SMILES string of the molecule is CC(C)(C)OC(=O)Nc1[nH]ncc1CNCc1ccc(F)c(F)c1. The second-order valence-corrected chi connectivity index (χ2v) is 6.25. The summed E-state index contributed by atoms with van der Waals surface area (Å²) < 4.78 is 31.2. The number of H-pyrrole nitrogens is 1. The van der Waals surface area contributed by atoms with Crippen LogP contribution in [0.4, 0.5) is 19.4 Å². The number of carbonyl (C=O) groups is 1. The first kappa shape index (κ1) is 17.9. The molecule has 0 aliphatic heterocycles. The third-order valence-electron chi connectivity index (χ3n) is 2.97. The van der Waals surface area contributed by atoms with Crippen molar-refractivity contribution in [3.63, 3.8) is 0 Å². The van der Waals surface area contributed by atoms with Crippen LogP contribution in [0.15, 0.2) is 24.4 Å². The summed E-state index contributed by atoms with van der Waals surface area (Å²) in [5.41, 5.74) is 0.720. The van der Waals surface area contributed by atoms with Gasteiger partial charge in [-0.2, -0.15) is 5.10 Å². The summed E-state index contributed by atoms with van der Waals surface area (Å²) in [6.07, 6.45) is 0.971. The van der Waals surface area contributed by atoms with Crippen LogP contribution in [0.2, 0.25) is 0 Å². The predicted molar refractivity (Wildman–Crippen MR) is 85.3 cm³/mol. The summed E-state index contributed by atoms with van der Waals surface area (Å²) in [5.74, 6) is -1.34. The molecule has 0 spiro atoms. The van der Waals surface area contributed by atoms with Gasteiger partial charge in [-0.15, -0.1) is 0 Å². The number of amides is 1. The number of aromatic amines is 1. The fourth-order valence-corrected chi connectivity index (χ4v) is 1.95. The van der Waals surface area contributed by atoms with Gasteiger partial charge in [-0.05, 0) is 38.5 Å². The molecule has 0 fully saturated rings. The fraction of sp³-hybridized carbons (Fsp3) is 0.375. The van der Waals surface area contributed by atoms with Gasteiger partial charge >= 0.3 is 6.09 Å².